The zero-order chi connectivity index (χ0) is 29.8. The lowest BCUT2D eigenvalue weighted by molar-refractivity contribution is -0.387. The van der Waals surface area contributed by atoms with Gasteiger partial charge in [-0.3, -0.25) is 19.9 Å². The first-order valence-electron chi connectivity index (χ1n) is 12.9. The highest BCUT2D eigenvalue weighted by Crippen LogP contribution is 2.37. The molecule has 0 aliphatic heterocycles. The number of thiazole rings is 1. The molecule has 2 aromatic heterocycles. The summed E-state index contributed by atoms with van der Waals surface area (Å²) in [6.07, 6.45) is 1.61. The fourth-order valence-corrected chi connectivity index (χ4v) is 7.98. The number of aliphatic imine (C=N–C) groups is 1. The summed E-state index contributed by atoms with van der Waals surface area (Å²) in [7, 11) is 0. The van der Waals surface area contributed by atoms with E-state index in [-0.39, 0.29) is 11.5 Å². The molecule has 0 spiro atoms. The van der Waals surface area contributed by atoms with Crippen LogP contribution in [0.3, 0.4) is 0 Å². The number of rotatable bonds is 10. The normalized spacial score (nSPS) is 11.4. The third kappa shape index (κ3) is 7.05. The Balaban J connectivity index is 1.11. The van der Waals surface area contributed by atoms with E-state index in [1.54, 1.807) is 18.3 Å². The van der Waals surface area contributed by atoms with Crippen molar-refractivity contribution in [3.8, 4) is 11.1 Å². The van der Waals surface area contributed by atoms with Crippen LogP contribution in [0.15, 0.2) is 110 Å². The van der Waals surface area contributed by atoms with Gasteiger partial charge in [-0.15, -0.1) is 21.5 Å². The number of hydrogen-bond donors (Lipinski definition) is 0. The number of aromatic nitrogens is 3. The Labute approximate surface area is 263 Å². The molecule has 6 aromatic rings. The van der Waals surface area contributed by atoms with Gasteiger partial charge in [-0.2, -0.15) is 0 Å². The first kappa shape index (κ1) is 28.9. The van der Waals surface area contributed by atoms with Gasteiger partial charge >= 0.3 is 0 Å². The van der Waals surface area contributed by atoms with Crippen LogP contribution >= 0.6 is 46.2 Å². The summed E-state index contributed by atoms with van der Waals surface area (Å²) in [5, 5.41) is 20.5. The highest BCUT2D eigenvalue weighted by Gasteiger charge is 2.17. The number of Topliss-reactive ketones (excluding diaryl/α,β-unsaturated/α-hetero) is 1. The maximum atomic E-state index is 12.8. The van der Waals surface area contributed by atoms with E-state index in [4.69, 9.17) is 0 Å². The number of hydrogen-bond acceptors (Lipinski definition) is 11. The third-order valence-corrected chi connectivity index (χ3v) is 10.4. The second kappa shape index (κ2) is 13.0. The molecule has 0 saturated heterocycles. The third-order valence-electron chi connectivity index (χ3n) is 6.24. The summed E-state index contributed by atoms with van der Waals surface area (Å²) < 4.78 is 2.40. The largest absolute Gasteiger partial charge is 0.293 e. The highest BCUT2D eigenvalue weighted by molar-refractivity contribution is 8.01. The van der Waals surface area contributed by atoms with Gasteiger partial charge in [0.2, 0.25) is 0 Å². The summed E-state index contributed by atoms with van der Waals surface area (Å²) in [4.78, 5) is 33.8. The summed E-state index contributed by atoms with van der Waals surface area (Å²) in [6, 6.07) is 28.4. The lowest BCUT2D eigenvalue weighted by atomic mass is 10.0. The van der Waals surface area contributed by atoms with E-state index in [0.29, 0.717) is 31.8 Å². The first-order chi connectivity index (χ1) is 20.9. The number of carbonyl (C=O) groups is 1. The fourth-order valence-electron chi connectivity index (χ4n) is 4.13. The Bertz CT molecular complexity index is 1970. The Morgan fingerprint density at radius 1 is 0.930 bits per heavy atom. The van der Waals surface area contributed by atoms with Gasteiger partial charge in [0.15, 0.2) is 14.5 Å². The monoisotopic (exact) mass is 639 g/mol. The Hall–Kier alpha value is -4.23. The van der Waals surface area contributed by atoms with Gasteiger partial charge in [-0.1, -0.05) is 95.5 Å². The van der Waals surface area contributed by atoms with E-state index in [9.17, 15) is 14.9 Å². The summed E-state index contributed by atoms with van der Waals surface area (Å²) in [6.45, 7) is 1.84. The lowest BCUT2D eigenvalue weighted by Gasteiger charge is -2.03. The van der Waals surface area contributed by atoms with Crippen LogP contribution in [0.25, 0.3) is 21.3 Å². The Morgan fingerprint density at radius 3 is 2.47 bits per heavy atom. The van der Waals surface area contributed by atoms with Gasteiger partial charge < -0.3 is 0 Å². The molecule has 2 heterocycles. The average Bonchev–Trinajstić information content (AvgIpc) is 3.64. The number of nitro groups is 1. The van der Waals surface area contributed by atoms with Gasteiger partial charge in [-0.05, 0) is 47.9 Å². The van der Waals surface area contributed by atoms with Crippen LogP contribution in [0.2, 0.25) is 0 Å². The summed E-state index contributed by atoms with van der Waals surface area (Å²) in [5.41, 5.74) is 4.99. The molecule has 12 heteroatoms. The molecule has 0 atom stereocenters. The minimum Gasteiger partial charge on any atom is -0.293 e. The van der Waals surface area contributed by atoms with Gasteiger partial charge in [0.05, 0.1) is 31.5 Å². The summed E-state index contributed by atoms with van der Waals surface area (Å²) >= 11 is 5.54. The van der Waals surface area contributed by atoms with E-state index >= 15 is 0 Å². The van der Waals surface area contributed by atoms with Gasteiger partial charge in [0, 0.05) is 17.8 Å². The smallest absolute Gasteiger partial charge is 0.283 e. The quantitative estimate of drug-likeness (QED) is 0.0480. The van der Waals surface area contributed by atoms with Crippen LogP contribution in [0, 0.1) is 17.0 Å². The molecule has 0 aliphatic carbocycles. The topological polar surface area (TPSA) is 111 Å². The molecule has 0 aliphatic rings. The van der Waals surface area contributed by atoms with E-state index < -0.39 is 4.92 Å². The van der Waals surface area contributed by atoms with Crippen LogP contribution in [-0.2, 0) is 0 Å². The molecule has 0 amide bonds. The SMILES string of the molecule is Cc1nnc(Sc2ccc(C=Nc3ccc4nc(SCC(=O)c5ccc(-c6ccccc6)cc5)sc4c3)cc2[N+](=O)[O-])s1. The minimum atomic E-state index is -0.402. The number of aryl methyl sites for hydroxylation is 1. The summed E-state index contributed by atoms with van der Waals surface area (Å²) in [5.74, 6) is 0.340. The second-order valence-electron chi connectivity index (χ2n) is 9.22. The molecule has 0 fully saturated rings. The molecule has 8 nitrogen and oxygen atoms in total. The number of fused-ring (bicyclic) bond motifs is 1. The van der Waals surface area contributed by atoms with Gasteiger partial charge in [-0.25, -0.2) is 4.98 Å². The molecular formula is C31H21N5O3S4. The minimum absolute atomic E-state index is 0.0111. The number of ketones is 1. The number of nitro benzene ring substituents is 1. The van der Waals surface area contributed by atoms with Crippen molar-refractivity contribution in [3.05, 3.63) is 117 Å². The van der Waals surface area contributed by atoms with Crippen molar-refractivity contribution in [2.45, 2.75) is 20.5 Å². The molecule has 43 heavy (non-hydrogen) atoms. The number of carbonyl (C=O) groups excluding carboxylic acids is 1. The Morgan fingerprint density at radius 2 is 1.72 bits per heavy atom. The fraction of sp³-hybridized carbons (Fsp3) is 0.0645. The van der Waals surface area contributed by atoms with Crippen molar-refractivity contribution in [3.63, 3.8) is 0 Å². The molecule has 212 valence electrons. The molecule has 0 saturated carbocycles. The zero-order valence-corrected chi connectivity index (χ0v) is 25.8. The van der Waals surface area contributed by atoms with E-state index in [2.05, 4.69) is 20.2 Å². The van der Waals surface area contributed by atoms with Crippen molar-refractivity contribution in [1.29, 1.82) is 0 Å². The Kier molecular flexibility index (Phi) is 8.70. The molecule has 0 unspecified atom stereocenters. The van der Waals surface area contributed by atoms with Crippen LogP contribution in [-0.4, -0.2) is 37.9 Å². The van der Waals surface area contributed by atoms with Crippen LogP contribution in [0.4, 0.5) is 11.4 Å². The average molecular weight is 640 g/mol. The highest BCUT2D eigenvalue weighted by atomic mass is 32.2. The number of nitrogens with zero attached hydrogens (tertiary/aromatic N) is 5. The van der Waals surface area contributed by atoms with Crippen LogP contribution in [0.5, 0.6) is 0 Å². The van der Waals surface area contributed by atoms with Crippen LogP contribution < -0.4 is 0 Å². The van der Waals surface area contributed by atoms with Crippen molar-refractivity contribution in [2.24, 2.45) is 4.99 Å². The standard InChI is InChI=1S/C31H21N5O3S4/c1-19-34-35-31(41-19)42-28-14-7-20(15-26(28)36(38)39)17-32-24-12-13-25-29(16-24)43-30(33-25)40-18-27(37)23-10-8-22(9-11-23)21-5-3-2-4-6-21/h2-17H,18H2,1H3. The maximum absolute atomic E-state index is 12.8. The van der Waals surface area contributed by atoms with Gasteiger partial charge in [0.25, 0.3) is 5.69 Å². The van der Waals surface area contributed by atoms with E-state index in [1.165, 1.54) is 52.3 Å². The maximum Gasteiger partial charge on any atom is 0.283 e. The van der Waals surface area contributed by atoms with Crippen molar-refractivity contribution in [1.82, 2.24) is 15.2 Å². The molecule has 4 aromatic carbocycles. The zero-order valence-electron chi connectivity index (χ0n) is 22.5. The van der Waals surface area contributed by atoms with Gasteiger partial charge in [0.1, 0.15) is 5.01 Å². The molecule has 0 bridgehead atoms. The molecule has 0 radical (unpaired) electrons. The number of thioether (sulfide) groups is 1. The molecule has 6 rings (SSSR count). The number of benzene rings is 4. The first-order valence-corrected chi connectivity index (χ1v) is 16.4. The lowest BCUT2D eigenvalue weighted by Crippen LogP contribution is -2.01. The van der Waals surface area contributed by atoms with Crippen LogP contribution in [0.1, 0.15) is 20.9 Å². The molecular weight excluding hydrogens is 619 g/mol. The predicted molar refractivity (Wildman–Crippen MR) is 176 cm³/mol. The van der Waals surface area contributed by atoms with E-state index in [1.807, 2.05) is 79.7 Å². The van der Waals surface area contributed by atoms with Crippen molar-refractivity contribution in [2.75, 3.05) is 5.75 Å². The van der Waals surface area contributed by atoms with Crippen molar-refractivity contribution < 1.29 is 9.72 Å². The van der Waals surface area contributed by atoms with E-state index in [0.717, 1.165) is 30.7 Å². The van der Waals surface area contributed by atoms with Crippen molar-refractivity contribution >= 4 is 79.8 Å². The predicted octanol–water partition coefficient (Wildman–Crippen LogP) is 8.91. The second-order valence-corrected chi connectivity index (χ2v) is 13.9. The molecule has 0 N–H and O–H groups in total.